The number of carbonyl (C=O) groups is 1. The van der Waals surface area contributed by atoms with Gasteiger partial charge in [-0.05, 0) is 18.6 Å². The lowest BCUT2D eigenvalue weighted by molar-refractivity contribution is 0.0946. The smallest absolute Gasteiger partial charge is 0.254 e. The van der Waals surface area contributed by atoms with Crippen LogP contribution in [0.4, 0.5) is 8.78 Å². The minimum atomic E-state index is -0.872. The normalized spacial score (nSPS) is 10.4. The van der Waals surface area contributed by atoms with E-state index in [9.17, 15) is 13.6 Å². The second-order valence-electron chi connectivity index (χ2n) is 3.87. The van der Waals surface area contributed by atoms with E-state index in [1.807, 2.05) is 0 Å². The molecule has 1 amide bonds. The van der Waals surface area contributed by atoms with Crippen molar-refractivity contribution in [3.63, 3.8) is 0 Å². The zero-order chi connectivity index (χ0) is 13.1. The van der Waals surface area contributed by atoms with E-state index < -0.39 is 17.5 Å². The highest BCUT2D eigenvalue weighted by Crippen LogP contribution is 2.14. The van der Waals surface area contributed by atoms with Crippen LogP contribution in [0.3, 0.4) is 0 Å². The number of carbonyl (C=O) groups excluding carboxylic acids is 1. The van der Waals surface area contributed by atoms with Gasteiger partial charge in [0, 0.05) is 24.4 Å². The predicted molar refractivity (Wildman–Crippen MR) is 60.9 cm³/mol. The first kappa shape index (κ1) is 12.2. The van der Waals surface area contributed by atoms with Crippen LogP contribution in [0.5, 0.6) is 0 Å². The first-order valence-corrected chi connectivity index (χ1v) is 5.29. The zero-order valence-electron chi connectivity index (χ0n) is 9.63. The molecule has 0 spiro atoms. The van der Waals surface area contributed by atoms with Crippen LogP contribution in [-0.2, 0) is 6.54 Å². The lowest BCUT2D eigenvalue weighted by Gasteiger charge is -2.06. The number of amides is 1. The number of aryl methyl sites for hydroxylation is 1. The van der Waals surface area contributed by atoms with Crippen LogP contribution in [0, 0.1) is 18.6 Å². The quantitative estimate of drug-likeness (QED) is 0.875. The van der Waals surface area contributed by atoms with E-state index in [0.717, 1.165) is 5.56 Å². The van der Waals surface area contributed by atoms with E-state index in [0.29, 0.717) is 6.07 Å². The number of aromatic nitrogens is 2. The van der Waals surface area contributed by atoms with Gasteiger partial charge in [0.2, 0.25) is 0 Å². The number of halogens is 2. The summed E-state index contributed by atoms with van der Waals surface area (Å²) < 4.78 is 26.5. The van der Waals surface area contributed by atoms with E-state index in [2.05, 4.69) is 15.5 Å². The highest BCUT2D eigenvalue weighted by molar-refractivity contribution is 5.94. The predicted octanol–water partition coefficient (Wildman–Crippen LogP) is 1.93. The second kappa shape index (κ2) is 4.95. The van der Waals surface area contributed by atoms with Crippen molar-refractivity contribution in [2.45, 2.75) is 13.5 Å². The molecule has 0 aliphatic heterocycles. The third kappa shape index (κ3) is 2.53. The molecular formula is C12H11F2N3O. The molecule has 1 aromatic carbocycles. The second-order valence-corrected chi connectivity index (χ2v) is 3.87. The Labute approximate surface area is 102 Å². The SMILES string of the molecule is Cc1cc(C(=O)NCc2cn[nH]c2)c(F)cc1F. The van der Waals surface area contributed by atoms with Crippen LogP contribution in [0.1, 0.15) is 21.5 Å². The van der Waals surface area contributed by atoms with Gasteiger partial charge in [-0.1, -0.05) is 0 Å². The topological polar surface area (TPSA) is 57.8 Å². The van der Waals surface area contributed by atoms with Crippen molar-refractivity contribution in [2.75, 3.05) is 0 Å². The molecule has 6 heteroatoms. The van der Waals surface area contributed by atoms with Crippen LogP contribution < -0.4 is 5.32 Å². The van der Waals surface area contributed by atoms with Crippen LogP contribution in [-0.4, -0.2) is 16.1 Å². The monoisotopic (exact) mass is 251 g/mol. The molecule has 0 radical (unpaired) electrons. The van der Waals surface area contributed by atoms with Crippen LogP contribution in [0.15, 0.2) is 24.5 Å². The summed E-state index contributed by atoms with van der Waals surface area (Å²) in [5, 5.41) is 8.84. The molecule has 1 aromatic heterocycles. The molecule has 0 fully saturated rings. The Balaban J connectivity index is 2.11. The Hall–Kier alpha value is -2.24. The highest BCUT2D eigenvalue weighted by Gasteiger charge is 2.14. The first-order valence-electron chi connectivity index (χ1n) is 5.29. The molecule has 1 heterocycles. The number of nitrogens with one attached hydrogen (secondary N) is 2. The summed E-state index contributed by atoms with van der Waals surface area (Å²) in [6.07, 6.45) is 3.17. The number of benzene rings is 1. The van der Waals surface area contributed by atoms with Crippen molar-refractivity contribution in [1.82, 2.24) is 15.5 Å². The number of nitrogens with zero attached hydrogens (tertiary/aromatic N) is 1. The molecule has 2 rings (SSSR count). The van der Waals surface area contributed by atoms with E-state index in [1.54, 1.807) is 12.4 Å². The van der Waals surface area contributed by atoms with Gasteiger partial charge in [-0.15, -0.1) is 0 Å². The summed E-state index contributed by atoms with van der Waals surface area (Å²) in [5.41, 5.74) is 0.824. The van der Waals surface area contributed by atoms with Crippen molar-refractivity contribution >= 4 is 5.91 Å². The number of hydrogen-bond donors (Lipinski definition) is 2. The maximum absolute atomic E-state index is 13.4. The van der Waals surface area contributed by atoms with Gasteiger partial charge in [0.1, 0.15) is 11.6 Å². The van der Waals surface area contributed by atoms with Gasteiger partial charge in [-0.25, -0.2) is 8.78 Å². The Morgan fingerprint density at radius 3 is 2.83 bits per heavy atom. The Morgan fingerprint density at radius 1 is 1.39 bits per heavy atom. The van der Waals surface area contributed by atoms with Gasteiger partial charge in [-0.2, -0.15) is 5.10 Å². The average molecular weight is 251 g/mol. The molecule has 4 nitrogen and oxygen atoms in total. The molecule has 0 atom stereocenters. The molecule has 0 aliphatic carbocycles. The lowest BCUT2D eigenvalue weighted by Crippen LogP contribution is -2.24. The molecule has 0 bridgehead atoms. The average Bonchev–Trinajstić information content (AvgIpc) is 2.84. The minimum Gasteiger partial charge on any atom is -0.348 e. The number of hydrogen-bond acceptors (Lipinski definition) is 2. The minimum absolute atomic E-state index is 0.169. The van der Waals surface area contributed by atoms with Gasteiger partial charge in [0.05, 0.1) is 11.8 Å². The number of rotatable bonds is 3. The summed E-state index contributed by atoms with van der Waals surface area (Å²) in [4.78, 5) is 11.7. The summed E-state index contributed by atoms with van der Waals surface area (Å²) in [7, 11) is 0. The third-order valence-corrected chi connectivity index (χ3v) is 2.50. The van der Waals surface area contributed by atoms with Gasteiger partial charge >= 0.3 is 0 Å². The van der Waals surface area contributed by atoms with Crippen molar-refractivity contribution in [2.24, 2.45) is 0 Å². The van der Waals surface area contributed by atoms with Gasteiger partial charge < -0.3 is 5.32 Å². The van der Waals surface area contributed by atoms with E-state index in [-0.39, 0.29) is 17.7 Å². The summed E-state index contributed by atoms with van der Waals surface area (Å²) in [6.45, 7) is 1.70. The Kier molecular flexibility index (Phi) is 3.36. The maximum Gasteiger partial charge on any atom is 0.254 e. The van der Waals surface area contributed by atoms with Crippen molar-refractivity contribution in [3.05, 3.63) is 52.9 Å². The lowest BCUT2D eigenvalue weighted by atomic mass is 10.1. The van der Waals surface area contributed by atoms with E-state index >= 15 is 0 Å². The van der Waals surface area contributed by atoms with Gasteiger partial charge in [0.15, 0.2) is 0 Å². The Bertz CT molecular complexity index is 567. The molecule has 18 heavy (non-hydrogen) atoms. The van der Waals surface area contributed by atoms with Crippen LogP contribution in [0.2, 0.25) is 0 Å². The number of H-pyrrole nitrogens is 1. The van der Waals surface area contributed by atoms with Crippen molar-refractivity contribution in [3.8, 4) is 0 Å². The van der Waals surface area contributed by atoms with E-state index in [4.69, 9.17) is 0 Å². The van der Waals surface area contributed by atoms with E-state index in [1.165, 1.54) is 13.0 Å². The largest absolute Gasteiger partial charge is 0.348 e. The van der Waals surface area contributed by atoms with Crippen molar-refractivity contribution < 1.29 is 13.6 Å². The molecule has 0 saturated carbocycles. The first-order chi connectivity index (χ1) is 8.58. The standard InChI is InChI=1S/C12H11F2N3O/c1-7-2-9(11(14)3-10(7)13)12(18)15-4-8-5-16-17-6-8/h2-3,5-6H,4H2,1H3,(H,15,18)(H,16,17). The summed E-state index contributed by atoms with van der Waals surface area (Å²) in [5.74, 6) is -2.13. The third-order valence-electron chi connectivity index (χ3n) is 2.50. The summed E-state index contributed by atoms with van der Waals surface area (Å²) in [6, 6.07) is 1.90. The van der Waals surface area contributed by atoms with Gasteiger partial charge in [0.25, 0.3) is 5.91 Å². The Morgan fingerprint density at radius 2 is 2.17 bits per heavy atom. The fraction of sp³-hybridized carbons (Fsp3) is 0.167. The molecule has 2 N–H and O–H groups in total. The maximum atomic E-state index is 13.4. The number of aromatic amines is 1. The summed E-state index contributed by atoms with van der Waals surface area (Å²) >= 11 is 0. The molecule has 0 unspecified atom stereocenters. The van der Waals surface area contributed by atoms with Crippen LogP contribution in [0.25, 0.3) is 0 Å². The molecule has 94 valence electrons. The van der Waals surface area contributed by atoms with Crippen molar-refractivity contribution in [1.29, 1.82) is 0 Å². The van der Waals surface area contributed by atoms with Crippen LogP contribution >= 0.6 is 0 Å². The fourth-order valence-electron chi connectivity index (χ4n) is 1.48. The highest BCUT2D eigenvalue weighted by atomic mass is 19.1. The molecule has 2 aromatic rings. The van der Waals surface area contributed by atoms with Gasteiger partial charge in [-0.3, -0.25) is 9.89 Å². The molecule has 0 saturated heterocycles. The fourth-order valence-corrected chi connectivity index (χ4v) is 1.48. The molecule has 0 aliphatic rings. The zero-order valence-corrected chi connectivity index (χ0v) is 9.63. The molecular weight excluding hydrogens is 240 g/mol.